The second-order valence-corrected chi connectivity index (χ2v) is 4.79. The first-order valence-corrected chi connectivity index (χ1v) is 6.60. The fraction of sp³-hybridized carbons (Fsp3) is 0. The molecule has 0 bridgehead atoms. The molecule has 8 nitrogen and oxygen atoms in total. The number of nitro groups is 1. The summed E-state index contributed by atoms with van der Waals surface area (Å²) in [4.78, 5) is 33.7. The SMILES string of the molecule is O=C(NNC(=O)c1ccc([N+](=O)[O-])cc1Cl)c1cccc(O)c1. The summed E-state index contributed by atoms with van der Waals surface area (Å²) in [6.07, 6.45) is 0. The van der Waals surface area contributed by atoms with Gasteiger partial charge in [-0.1, -0.05) is 17.7 Å². The predicted octanol–water partition coefficient (Wildman–Crippen LogP) is 2.03. The van der Waals surface area contributed by atoms with Crippen molar-refractivity contribution in [2.75, 3.05) is 0 Å². The lowest BCUT2D eigenvalue weighted by atomic mass is 10.2. The smallest absolute Gasteiger partial charge is 0.271 e. The molecule has 0 atom stereocenters. The van der Waals surface area contributed by atoms with Gasteiger partial charge in [-0.2, -0.15) is 0 Å². The van der Waals surface area contributed by atoms with Gasteiger partial charge in [0, 0.05) is 17.7 Å². The number of phenols is 1. The Kier molecular flexibility index (Phi) is 4.77. The molecule has 0 aliphatic rings. The summed E-state index contributed by atoms with van der Waals surface area (Å²) < 4.78 is 0. The minimum absolute atomic E-state index is 0.0338. The quantitative estimate of drug-likeness (QED) is 0.585. The van der Waals surface area contributed by atoms with Gasteiger partial charge in [-0.3, -0.25) is 30.6 Å². The first kappa shape index (κ1) is 16.2. The molecule has 2 aromatic carbocycles. The Morgan fingerprint density at radius 2 is 1.78 bits per heavy atom. The van der Waals surface area contributed by atoms with Gasteiger partial charge < -0.3 is 5.11 Å². The van der Waals surface area contributed by atoms with E-state index >= 15 is 0 Å². The molecule has 23 heavy (non-hydrogen) atoms. The number of nitro benzene ring substituents is 1. The lowest BCUT2D eigenvalue weighted by Crippen LogP contribution is -2.41. The van der Waals surface area contributed by atoms with E-state index in [1.807, 2.05) is 0 Å². The van der Waals surface area contributed by atoms with E-state index in [0.29, 0.717) is 0 Å². The van der Waals surface area contributed by atoms with E-state index in [-0.39, 0.29) is 27.6 Å². The van der Waals surface area contributed by atoms with E-state index in [9.17, 15) is 24.8 Å². The first-order valence-electron chi connectivity index (χ1n) is 6.22. The third-order valence-electron chi connectivity index (χ3n) is 2.81. The molecule has 0 saturated heterocycles. The van der Waals surface area contributed by atoms with Gasteiger partial charge in [0.25, 0.3) is 17.5 Å². The second kappa shape index (κ2) is 6.75. The van der Waals surface area contributed by atoms with Crippen molar-refractivity contribution < 1.29 is 19.6 Å². The van der Waals surface area contributed by atoms with Crippen LogP contribution in [-0.2, 0) is 0 Å². The standard InChI is InChI=1S/C14H10ClN3O5/c15-12-7-9(18(22)23)4-5-11(12)14(21)17-16-13(20)8-2-1-3-10(19)6-8/h1-7,19H,(H,16,20)(H,17,21). The molecule has 0 radical (unpaired) electrons. The summed E-state index contributed by atoms with van der Waals surface area (Å²) in [5.74, 6) is -1.48. The number of rotatable bonds is 3. The summed E-state index contributed by atoms with van der Waals surface area (Å²) in [5, 5.41) is 19.8. The van der Waals surface area contributed by atoms with E-state index in [4.69, 9.17) is 11.6 Å². The number of non-ortho nitro benzene ring substituents is 1. The number of hydrazine groups is 1. The molecule has 0 aliphatic carbocycles. The molecule has 0 fully saturated rings. The van der Waals surface area contributed by atoms with Crippen LogP contribution in [0.15, 0.2) is 42.5 Å². The van der Waals surface area contributed by atoms with Crippen LogP contribution in [-0.4, -0.2) is 21.8 Å². The average molecular weight is 336 g/mol. The van der Waals surface area contributed by atoms with Gasteiger partial charge in [-0.25, -0.2) is 0 Å². The molecule has 0 unspecified atom stereocenters. The Morgan fingerprint density at radius 1 is 1.09 bits per heavy atom. The zero-order chi connectivity index (χ0) is 17.0. The van der Waals surface area contributed by atoms with Crippen molar-refractivity contribution >= 4 is 29.1 Å². The predicted molar refractivity (Wildman–Crippen MR) is 81.1 cm³/mol. The second-order valence-electron chi connectivity index (χ2n) is 4.38. The number of benzene rings is 2. The molecule has 3 N–H and O–H groups in total. The number of carbonyl (C=O) groups excluding carboxylic acids is 2. The summed E-state index contributed by atoms with van der Waals surface area (Å²) in [7, 11) is 0. The molecular formula is C14H10ClN3O5. The number of hydrogen-bond donors (Lipinski definition) is 3. The van der Waals surface area contributed by atoms with E-state index in [2.05, 4.69) is 10.9 Å². The van der Waals surface area contributed by atoms with Gasteiger partial charge in [0.2, 0.25) is 0 Å². The van der Waals surface area contributed by atoms with Crippen LogP contribution < -0.4 is 10.9 Å². The molecule has 118 valence electrons. The Bertz CT molecular complexity index is 794. The van der Waals surface area contributed by atoms with Crippen molar-refractivity contribution in [2.45, 2.75) is 0 Å². The molecule has 2 amide bonds. The minimum Gasteiger partial charge on any atom is -0.508 e. The van der Waals surface area contributed by atoms with Crippen LogP contribution in [0.2, 0.25) is 5.02 Å². The highest BCUT2D eigenvalue weighted by Crippen LogP contribution is 2.22. The highest BCUT2D eigenvalue weighted by molar-refractivity contribution is 6.34. The maximum Gasteiger partial charge on any atom is 0.271 e. The van der Waals surface area contributed by atoms with Crippen molar-refractivity contribution in [3.63, 3.8) is 0 Å². The maximum atomic E-state index is 11.9. The number of aromatic hydroxyl groups is 1. The fourth-order valence-corrected chi connectivity index (χ4v) is 1.96. The Morgan fingerprint density at radius 3 is 2.39 bits per heavy atom. The van der Waals surface area contributed by atoms with E-state index in [1.54, 1.807) is 0 Å². The third kappa shape index (κ3) is 3.95. The number of hydrogen-bond acceptors (Lipinski definition) is 5. The van der Waals surface area contributed by atoms with Gasteiger partial charge in [0.1, 0.15) is 5.75 Å². The fourth-order valence-electron chi connectivity index (χ4n) is 1.70. The molecule has 0 saturated carbocycles. The number of nitrogens with zero attached hydrogens (tertiary/aromatic N) is 1. The van der Waals surface area contributed by atoms with Crippen molar-refractivity contribution in [2.24, 2.45) is 0 Å². The molecule has 9 heteroatoms. The molecule has 0 aromatic heterocycles. The molecule has 2 aromatic rings. The Labute approximate surface area is 134 Å². The first-order chi connectivity index (χ1) is 10.9. The number of nitrogens with one attached hydrogen (secondary N) is 2. The molecular weight excluding hydrogens is 326 g/mol. The zero-order valence-corrected chi connectivity index (χ0v) is 12.2. The molecule has 0 heterocycles. The van der Waals surface area contributed by atoms with Crippen molar-refractivity contribution in [3.8, 4) is 5.75 Å². The van der Waals surface area contributed by atoms with Crippen molar-refractivity contribution in [1.29, 1.82) is 0 Å². The molecule has 0 aliphatic heterocycles. The lowest BCUT2D eigenvalue weighted by Gasteiger charge is -2.08. The van der Waals surface area contributed by atoms with E-state index in [0.717, 1.165) is 12.1 Å². The van der Waals surface area contributed by atoms with E-state index < -0.39 is 16.7 Å². The van der Waals surface area contributed by atoms with Crippen LogP contribution in [0.5, 0.6) is 5.75 Å². The van der Waals surface area contributed by atoms with Crippen LogP contribution >= 0.6 is 11.6 Å². The summed E-state index contributed by atoms with van der Waals surface area (Å²) in [6, 6.07) is 8.87. The van der Waals surface area contributed by atoms with Crippen LogP contribution in [0.3, 0.4) is 0 Å². The monoisotopic (exact) mass is 335 g/mol. The lowest BCUT2D eigenvalue weighted by molar-refractivity contribution is -0.384. The number of carbonyl (C=O) groups is 2. The van der Waals surface area contributed by atoms with Crippen molar-refractivity contribution in [1.82, 2.24) is 10.9 Å². The largest absolute Gasteiger partial charge is 0.508 e. The maximum absolute atomic E-state index is 11.9. The zero-order valence-electron chi connectivity index (χ0n) is 11.4. The van der Waals surface area contributed by atoms with Crippen LogP contribution in [0.25, 0.3) is 0 Å². The van der Waals surface area contributed by atoms with Gasteiger partial charge >= 0.3 is 0 Å². The van der Waals surface area contributed by atoms with Crippen LogP contribution in [0, 0.1) is 10.1 Å². The third-order valence-corrected chi connectivity index (χ3v) is 3.12. The van der Waals surface area contributed by atoms with Gasteiger partial charge in [-0.15, -0.1) is 0 Å². The highest BCUT2D eigenvalue weighted by atomic mass is 35.5. The van der Waals surface area contributed by atoms with Crippen molar-refractivity contribution in [3.05, 3.63) is 68.7 Å². The van der Waals surface area contributed by atoms with E-state index in [1.165, 1.54) is 30.3 Å². The number of amides is 2. The number of phenolic OH excluding ortho intramolecular Hbond substituents is 1. The summed E-state index contributed by atoms with van der Waals surface area (Å²) in [5.41, 5.74) is 4.13. The molecule has 0 spiro atoms. The Balaban J connectivity index is 2.05. The molecule has 2 rings (SSSR count). The van der Waals surface area contributed by atoms with Gasteiger partial charge in [0.15, 0.2) is 0 Å². The highest BCUT2D eigenvalue weighted by Gasteiger charge is 2.15. The Hall–Kier alpha value is -3.13. The summed E-state index contributed by atoms with van der Waals surface area (Å²) >= 11 is 5.81. The summed E-state index contributed by atoms with van der Waals surface area (Å²) in [6.45, 7) is 0. The number of halogens is 1. The normalized spacial score (nSPS) is 9.96. The van der Waals surface area contributed by atoms with Gasteiger partial charge in [-0.05, 0) is 24.3 Å². The topological polar surface area (TPSA) is 122 Å². The van der Waals surface area contributed by atoms with Gasteiger partial charge in [0.05, 0.1) is 15.5 Å². The van der Waals surface area contributed by atoms with Crippen LogP contribution in [0.1, 0.15) is 20.7 Å². The minimum atomic E-state index is -0.738. The average Bonchev–Trinajstić information content (AvgIpc) is 2.52. The van der Waals surface area contributed by atoms with Crippen LogP contribution in [0.4, 0.5) is 5.69 Å².